The Bertz CT molecular complexity index is 774. The number of hydrogen-bond acceptors (Lipinski definition) is 3. The molecule has 2 aromatic rings. The lowest BCUT2D eigenvalue weighted by Crippen LogP contribution is -2.29. The molecule has 0 heterocycles. The van der Waals surface area contributed by atoms with E-state index in [0.29, 0.717) is 0 Å². The van der Waals surface area contributed by atoms with E-state index in [2.05, 4.69) is 10.1 Å². The molecule has 0 radical (unpaired) electrons. The second-order valence-corrected chi connectivity index (χ2v) is 4.99. The largest absolute Gasteiger partial charge is 0.452 e. The van der Waals surface area contributed by atoms with Crippen molar-refractivity contribution in [3.05, 3.63) is 71.0 Å². The Kier molecular flexibility index (Phi) is 5.74. The van der Waals surface area contributed by atoms with E-state index in [1.807, 2.05) is 0 Å². The molecule has 0 aliphatic rings. The lowest BCUT2D eigenvalue weighted by Gasteiger charge is -2.12. The van der Waals surface area contributed by atoms with Gasteiger partial charge in [-0.05, 0) is 18.2 Å². The molecule has 0 aliphatic carbocycles. The summed E-state index contributed by atoms with van der Waals surface area (Å²) in [6, 6.07) is 9.85. The van der Waals surface area contributed by atoms with Crippen LogP contribution in [0.1, 0.15) is 21.5 Å². The molecule has 0 fully saturated rings. The van der Waals surface area contributed by atoms with Crippen LogP contribution >= 0.6 is 0 Å². The van der Waals surface area contributed by atoms with Gasteiger partial charge in [0.25, 0.3) is 5.91 Å². The zero-order chi connectivity index (χ0) is 18.4. The third-order valence-corrected chi connectivity index (χ3v) is 3.22. The van der Waals surface area contributed by atoms with Crippen molar-refractivity contribution in [1.82, 2.24) is 5.32 Å². The number of nitrogens with one attached hydrogen (secondary N) is 1. The number of hydrogen-bond donors (Lipinski definition) is 1. The third kappa shape index (κ3) is 5.03. The number of benzene rings is 2. The van der Waals surface area contributed by atoms with E-state index < -0.39 is 41.6 Å². The average molecular weight is 355 g/mol. The topological polar surface area (TPSA) is 55.4 Å². The van der Waals surface area contributed by atoms with Crippen LogP contribution in [0, 0.1) is 5.82 Å². The molecule has 2 rings (SSSR count). The zero-order valence-corrected chi connectivity index (χ0v) is 12.8. The third-order valence-electron chi connectivity index (χ3n) is 3.22. The van der Waals surface area contributed by atoms with Crippen LogP contribution in [0.3, 0.4) is 0 Å². The highest BCUT2D eigenvalue weighted by Crippen LogP contribution is 2.32. The van der Waals surface area contributed by atoms with E-state index in [9.17, 15) is 27.2 Å². The Labute approximate surface area is 140 Å². The van der Waals surface area contributed by atoms with E-state index in [1.165, 1.54) is 24.3 Å². The molecular formula is C17H13F4NO3. The molecule has 0 saturated carbocycles. The maximum absolute atomic E-state index is 13.4. The van der Waals surface area contributed by atoms with Gasteiger partial charge in [-0.2, -0.15) is 13.2 Å². The van der Waals surface area contributed by atoms with E-state index in [4.69, 9.17) is 0 Å². The van der Waals surface area contributed by atoms with Crippen LogP contribution in [0.2, 0.25) is 0 Å². The fourth-order valence-corrected chi connectivity index (χ4v) is 2.00. The fourth-order valence-electron chi connectivity index (χ4n) is 2.00. The van der Waals surface area contributed by atoms with Gasteiger partial charge in [0, 0.05) is 12.1 Å². The Morgan fingerprint density at radius 2 is 1.64 bits per heavy atom. The number of halogens is 4. The number of carbonyl (C=O) groups is 2. The maximum atomic E-state index is 13.4. The normalized spacial score (nSPS) is 11.0. The molecule has 0 spiro atoms. The first-order valence-corrected chi connectivity index (χ1v) is 7.12. The summed E-state index contributed by atoms with van der Waals surface area (Å²) in [6.07, 6.45) is -4.72. The van der Waals surface area contributed by atoms with E-state index >= 15 is 0 Å². The summed E-state index contributed by atoms with van der Waals surface area (Å²) in [7, 11) is 0. The second kappa shape index (κ2) is 7.78. The molecule has 0 saturated heterocycles. The molecule has 1 amide bonds. The van der Waals surface area contributed by atoms with Crippen molar-refractivity contribution in [2.45, 2.75) is 12.7 Å². The molecule has 25 heavy (non-hydrogen) atoms. The number of ether oxygens (including phenoxy) is 1. The standard InChI is InChI=1S/C17H13F4NO3/c18-14-8-4-1-5-11(14)9-22-15(23)10-25-16(24)12-6-2-3-7-13(12)17(19,20)21/h1-8H,9-10H2,(H,22,23). The van der Waals surface area contributed by atoms with Crippen molar-refractivity contribution in [3.8, 4) is 0 Å². The van der Waals surface area contributed by atoms with Crippen LogP contribution in [0.4, 0.5) is 17.6 Å². The SMILES string of the molecule is O=C(COC(=O)c1ccccc1C(F)(F)F)NCc1ccccc1F. The van der Waals surface area contributed by atoms with Crippen molar-refractivity contribution in [1.29, 1.82) is 0 Å². The van der Waals surface area contributed by atoms with Crippen molar-refractivity contribution in [3.63, 3.8) is 0 Å². The van der Waals surface area contributed by atoms with E-state index in [-0.39, 0.29) is 12.1 Å². The van der Waals surface area contributed by atoms with Gasteiger partial charge in [-0.1, -0.05) is 30.3 Å². The van der Waals surface area contributed by atoms with Crippen molar-refractivity contribution in [2.24, 2.45) is 0 Å². The van der Waals surface area contributed by atoms with Gasteiger partial charge in [0.15, 0.2) is 6.61 Å². The van der Waals surface area contributed by atoms with E-state index in [0.717, 1.165) is 18.2 Å². The summed E-state index contributed by atoms with van der Waals surface area (Å²) in [5, 5.41) is 2.31. The minimum atomic E-state index is -4.72. The molecule has 132 valence electrons. The summed E-state index contributed by atoms with van der Waals surface area (Å²) in [5.74, 6) is -2.55. The minimum Gasteiger partial charge on any atom is -0.452 e. The highest BCUT2D eigenvalue weighted by Gasteiger charge is 2.35. The average Bonchev–Trinajstić information content (AvgIpc) is 2.58. The number of esters is 1. The van der Waals surface area contributed by atoms with Crippen molar-refractivity contribution in [2.75, 3.05) is 6.61 Å². The van der Waals surface area contributed by atoms with Gasteiger partial charge in [-0.15, -0.1) is 0 Å². The predicted molar refractivity (Wildman–Crippen MR) is 80.0 cm³/mol. The van der Waals surface area contributed by atoms with Gasteiger partial charge >= 0.3 is 12.1 Å². The minimum absolute atomic E-state index is 0.137. The Morgan fingerprint density at radius 1 is 1.00 bits per heavy atom. The molecule has 0 aliphatic heterocycles. The predicted octanol–water partition coefficient (Wildman–Crippen LogP) is 3.32. The van der Waals surface area contributed by atoms with Crippen LogP contribution in [-0.4, -0.2) is 18.5 Å². The highest BCUT2D eigenvalue weighted by atomic mass is 19.4. The molecule has 2 aromatic carbocycles. The molecule has 1 N–H and O–H groups in total. The first-order valence-electron chi connectivity index (χ1n) is 7.12. The molecule has 0 aromatic heterocycles. The first-order chi connectivity index (χ1) is 11.8. The molecular weight excluding hydrogens is 342 g/mol. The highest BCUT2D eigenvalue weighted by molar-refractivity contribution is 5.93. The summed E-state index contributed by atoms with van der Waals surface area (Å²) in [4.78, 5) is 23.4. The van der Waals surface area contributed by atoms with Crippen LogP contribution in [0.5, 0.6) is 0 Å². The quantitative estimate of drug-likeness (QED) is 0.661. The molecule has 0 bridgehead atoms. The molecule has 0 unspecified atom stereocenters. The Morgan fingerprint density at radius 3 is 2.32 bits per heavy atom. The number of amides is 1. The maximum Gasteiger partial charge on any atom is 0.417 e. The van der Waals surface area contributed by atoms with Gasteiger partial charge in [0.05, 0.1) is 11.1 Å². The van der Waals surface area contributed by atoms with E-state index in [1.54, 1.807) is 6.07 Å². The van der Waals surface area contributed by atoms with Gasteiger partial charge in [0.2, 0.25) is 0 Å². The summed E-state index contributed by atoms with van der Waals surface area (Å²) in [5.41, 5.74) is -1.60. The summed E-state index contributed by atoms with van der Waals surface area (Å²) >= 11 is 0. The zero-order valence-electron chi connectivity index (χ0n) is 12.8. The van der Waals surface area contributed by atoms with Gasteiger partial charge in [-0.25, -0.2) is 9.18 Å². The van der Waals surface area contributed by atoms with Crippen LogP contribution in [0.25, 0.3) is 0 Å². The van der Waals surface area contributed by atoms with Gasteiger partial charge < -0.3 is 10.1 Å². The number of rotatable bonds is 5. The van der Waals surface area contributed by atoms with Crippen molar-refractivity contribution < 1.29 is 31.9 Å². The smallest absolute Gasteiger partial charge is 0.417 e. The second-order valence-electron chi connectivity index (χ2n) is 4.99. The van der Waals surface area contributed by atoms with Gasteiger partial charge in [-0.3, -0.25) is 4.79 Å². The summed E-state index contributed by atoms with van der Waals surface area (Å²) in [6.45, 7) is -0.915. The lowest BCUT2D eigenvalue weighted by molar-refractivity contribution is -0.138. The summed E-state index contributed by atoms with van der Waals surface area (Å²) < 4.78 is 56.5. The lowest BCUT2D eigenvalue weighted by atomic mass is 10.1. The van der Waals surface area contributed by atoms with Crippen LogP contribution in [0.15, 0.2) is 48.5 Å². The Balaban J connectivity index is 1.92. The van der Waals surface area contributed by atoms with Crippen LogP contribution in [-0.2, 0) is 22.3 Å². The van der Waals surface area contributed by atoms with Gasteiger partial charge in [0.1, 0.15) is 5.82 Å². The Hall–Kier alpha value is -2.90. The fraction of sp³-hybridized carbons (Fsp3) is 0.176. The molecule has 4 nitrogen and oxygen atoms in total. The number of carbonyl (C=O) groups excluding carboxylic acids is 2. The number of alkyl halides is 3. The molecule has 8 heteroatoms. The molecule has 0 atom stereocenters. The van der Waals surface area contributed by atoms with Crippen molar-refractivity contribution >= 4 is 11.9 Å². The van der Waals surface area contributed by atoms with Crippen LogP contribution < -0.4 is 5.32 Å². The first kappa shape index (κ1) is 18.4. The monoisotopic (exact) mass is 355 g/mol.